The maximum atomic E-state index is 12.6. The van der Waals surface area contributed by atoms with Crippen LogP contribution in [0.4, 0.5) is 4.79 Å². The summed E-state index contributed by atoms with van der Waals surface area (Å²) in [7, 11) is 0. The predicted molar refractivity (Wildman–Crippen MR) is 104 cm³/mol. The Bertz CT molecular complexity index is 537. The van der Waals surface area contributed by atoms with E-state index in [0.29, 0.717) is 32.0 Å². The maximum Gasteiger partial charge on any atom is 0.410 e. The average Bonchev–Trinajstić information content (AvgIpc) is 2.52. The number of amides is 1. The number of rotatable bonds is 10. The first-order valence-corrected chi connectivity index (χ1v) is 9.45. The zero-order valence-electron chi connectivity index (χ0n) is 17.0. The maximum absolute atomic E-state index is 12.6. The number of carbonyl (C=O) groups excluding carboxylic acids is 1. The SMILES string of the molecule is CC(C)COCCCN(Cc1cccc(CCO)c1)C(=O)OC(C)(C)C. The minimum absolute atomic E-state index is 0.117. The third-order valence-corrected chi connectivity index (χ3v) is 3.58. The number of carbonyl (C=O) groups is 1. The van der Waals surface area contributed by atoms with Crippen molar-refractivity contribution in [2.45, 2.75) is 59.6 Å². The van der Waals surface area contributed by atoms with Crippen LogP contribution in [0.3, 0.4) is 0 Å². The normalized spacial score (nSPS) is 11.7. The Morgan fingerprint density at radius 3 is 2.54 bits per heavy atom. The second kappa shape index (κ2) is 11.2. The second-order valence-corrected chi connectivity index (χ2v) is 8.02. The van der Waals surface area contributed by atoms with Crippen LogP contribution >= 0.6 is 0 Å². The molecule has 0 atom stereocenters. The van der Waals surface area contributed by atoms with E-state index in [9.17, 15) is 4.79 Å². The molecule has 0 aliphatic heterocycles. The Morgan fingerprint density at radius 1 is 1.23 bits per heavy atom. The van der Waals surface area contributed by atoms with E-state index in [0.717, 1.165) is 24.2 Å². The molecule has 0 heterocycles. The van der Waals surface area contributed by atoms with Crippen molar-refractivity contribution in [3.05, 3.63) is 35.4 Å². The van der Waals surface area contributed by atoms with Crippen LogP contribution < -0.4 is 0 Å². The fourth-order valence-electron chi connectivity index (χ4n) is 2.47. The van der Waals surface area contributed by atoms with Gasteiger partial charge in [-0.1, -0.05) is 38.1 Å². The molecule has 0 saturated carbocycles. The van der Waals surface area contributed by atoms with Crippen LogP contribution in [0.25, 0.3) is 0 Å². The standard InChI is InChI=1S/C21H35NO4/c1-17(2)16-25-13-7-11-22(20(24)26-21(3,4)5)15-19-9-6-8-18(14-19)10-12-23/h6,8-9,14,17,23H,7,10-13,15-16H2,1-5H3. The molecule has 5 nitrogen and oxygen atoms in total. The van der Waals surface area contributed by atoms with E-state index >= 15 is 0 Å². The highest BCUT2D eigenvalue weighted by molar-refractivity contribution is 5.68. The van der Waals surface area contributed by atoms with E-state index in [4.69, 9.17) is 14.6 Å². The van der Waals surface area contributed by atoms with Gasteiger partial charge >= 0.3 is 6.09 Å². The van der Waals surface area contributed by atoms with Crippen molar-refractivity contribution in [1.82, 2.24) is 4.90 Å². The fraction of sp³-hybridized carbons (Fsp3) is 0.667. The summed E-state index contributed by atoms with van der Waals surface area (Å²) < 4.78 is 11.2. The quantitative estimate of drug-likeness (QED) is 0.636. The molecule has 1 rings (SSSR count). The lowest BCUT2D eigenvalue weighted by molar-refractivity contribution is 0.0206. The van der Waals surface area contributed by atoms with E-state index in [1.54, 1.807) is 4.90 Å². The van der Waals surface area contributed by atoms with Crippen molar-refractivity contribution in [3.63, 3.8) is 0 Å². The molecule has 0 radical (unpaired) electrons. The highest BCUT2D eigenvalue weighted by Crippen LogP contribution is 2.14. The topological polar surface area (TPSA) is 59.0 Å². The molecule has 0 fully saturated rings. The summed E-state index contributed by atoms with van der Waals surface area (Å²) in [6.07, 6.45) is 1.07. The number of hydrogen-bond donors (Lipinski definition) is 1. The molecule has 0 aromatic heterocycles. The number of aliphatic hydroxyl groups excluding tert-OH is 1. The summed E-state index contributed by atoms with van der Waals surface area (Å²) in [6, 6.07) is 7.97. The Labute approximate surface area is 158 Å². The molecule has 0 saturated heterocycles. The molecule has 26 heavy (non-hydrogen) atoms. The predicted octanol–water partition coefficient (Wildman–Crippen LogP) is 4.02. The van der Waals surface area contributed by atoms with Gasteiger partial charge in [0, 0.05) is 32.9 Å². The molecule has 1 N–H and O–H groups in total. The van der Waals surface area contributed by atoms with E-state index in [1.807, 2.05) is 45.0 Å². The summed E-state index contributed by atoms with van der Waals surface area (Å²) in [5.41, 5.74) is 1.57. The van der Waals surface area contributed by atoms with Gasteiger partial charge in [-0.25, -0.2) is 4.79 Å². The van der Waals surface area contributed by atoms with Gasteiger partial charge in [0.05, 0.1) is 0 Å². The Kier molecular flexibility index (Phi) is 9.66. The van der Waals surface area contributed by atoms with E-state index in [2.05, 4.69) is 13.8 Å². The lowest BCUT2D eigenvalue weighted by Crippen LogP contribution is -2.37. The number of aliphatic hydroxyl groups is 1. The molecule has 0 unspecified atom stereocenters. The third-order valence-electron chi connectivity index (χ3n) is 3.58. The summed E-state index contributed by atoms with van der Waals surface area (Å²) in [4.78, 5) is 14.3. The largest absolute Gasteiger partial charge is 0.444 e. The summed E-state index contributed by atoms with van der Waals surface area (Å²) in [5.74, 6) is 0.506. The van der Waals surface area contributed by atoms with Gasteiger partial charge in [-0.2, -0.15) is 0 Å². The van der Waals surface area contributed by atoms with Crippen LogP contribution in [0, 0.1) is 5.92 Å². The second-order valence-electron chi connectivity index (χ2n) is 8.02. The number of benzene rings is 1. The molecular weight excluding hydrogens is 330 g/mol. The summed E-state index contributed by atoms with van der Waals surface area (Å²) in [5, 5.41) is 9.12. The molecule has 5 heteroatoms. The molecule has 0 bridgehead atoms. The van der Waals surface area contributed by atoms with Crippen LogP contribution in [-0.4, -0.2) is 48.1 Å². The molecule has 1 aromatic carbocycles. The van der Waals surface area contributed by atoms with Crippen LogP contribution in [-0.2, 0) is 22.4 Å². The highest BCUT2D eigenvalue weighted by atomic mass is 16.6. The van der Waals surface area contributed by atoms with Crippen molar-refractivity contribution in [3.8, 4) is 0 Å². The zero-order chi connectivity index (χ0) is 19.6. The van der Waals surface area contributed by atoms with Crippen molar-refractivity contribution in [1.29, 1.82) is 0 Å². The molecule has 1 amide bonds. The zero-order valence-corrected chi connectivity index (χ0v) is 17.0. The van der Waals surface area contributed by atoms with Crippen LogP contribution in [0.1, 0.15) is 52.2 Å². The molecule has 1 aromatic rings. The Balaban J connectivity index is 2.70. The van der Waals surface area contributed by atoms with Crippen molar-refractivity contribution in [2.24, 2.45) is 5.92 Å². The number of ether oxygens (including phenoxy) is 2. The number of hydrogen-bond acceptors (Lipinski definition) is 4. The fourth-order valence-corrected chi connectivity index (χ4v) is 2.47. The minimum atomic E-state index is -0.526. The summed E-state index contributed by atoms with van der Waals surface area (Å²) in [6.45, 7) is 12.4. The van der Waals surface area contributed by atoms with Gasteiger partial charge in [-0.05, 0) is 50.7 Å². The van der Waals surface area contributed by atoms with Gasteiger partial charge in [-0.3, -0.25) is 0 Å². The van der Waals surface area contributed by atoms with Gasteiger partial charge < -0.3 is 19.5 Å². The minimum Gasteiger partial charge on any atom is -0.444 e. The molecular formula is C21H35NO4. The van der Waals surface area contributed by atoms with Crippen LogP contribution in [0.5, 0.6) is 0 Å². The van der Waals surface area contributed by atoms with Gasteiger partial charge in [-0.15, -0.1) is 0 Å². The third kappa shape index (κ3) is 9.78. The Morgan fingerprint density at radius 2 is 1.92 bits per heavy atom. The first-order chi connectivity index (χ1) is 12.2. The van der Waals surface area contributed by atoms with Crippen molar-refractivity contribution in [2.75, 3.05) is 26.4 Å². The Hall–Kier alpha value is -1.59. The monoisotopic (exact) mass is 365 g/mol. The van der Waals surface area contributed by atoms with E-state index in [-0.39, 0.29) is 12.7 Å². The smallest absolute Gasteiger partial charge is 0.410 e. The van der Waals surface area contributed by atoms with Crippen LogP contribution in [0.15, 0.2) is 24.3 Å². The number of nitrogens with zero attached hydrogens (tertiary/aromatic N) is 1. The molecule has 0 spiro atoms. The molecule has 0 aliphatic rings. The van der Waals surface area contributed by atoms with Crippen LogP contribution in [0.2, 0.25) is 0 Å². The van der Waals surface area contributed by atoms with Gasteiger partial charge in [0.15, 0.2) is 0 Å². The lowest BCUT2D eigenvalue weighted by Gasteiger charge is -2.27. The van der Waals surface area contributed by atoms with Gasteiger partial charge in [0.1, 0.15) is 5.60 Å². The summed E-state index contributed by atoms with van der Waals surface area (Å²) >= 11 is 0. The van der Waals surface area contributed by atoms with E-state index < -0.39 is 5.60 Å². The lowest BCUT2D eigenvalue weighted by atomic mass is 10.1. The van der Waals surface area contributed by atoms with Crippen molar-refractivity contribution < 1.29 is 19.4 Å². The first kappa shape index (κ1) is 22.5. The van der Waals surface area contributed by atoms with Crippen molar-refractivity contribution >= 4 is 6.09 Å². The highest BCUT2D eigenvalue weighted by Gasteiger charge is 2.22. The van der Waals surface area contributed by atoms with Gasteiger partial charge in [0.2, 0.25) is 0 Å². The molecule has 0 aliphatic carbocycles. The molecule has 148 valence electrons. The van der Waals surface area contributed by atoms with E-state index in [1.165, 1.54) is 0 Å². The first-order valence-electron chi connectivity index (χ1n) is 9.45. The van der Waals surface area contributed by atoms with Gasteiger partial charge in [0.25, 0.3) is 0 Å². The average molecular weight is 366 g/mol.